The van der Waals surface area contributed by atoms with Gasteiger partial charge in [-0.25, -0.2) is 8.42 Å². The fourth-order valence-corrected chi connectivity index (χ4v) is 3.63. The number of carbonyl (C=O) groups is 1. The first-order chi connectivity index (χ1) is 13.7. The van der Waals surface area contributed by atoms with E-state index in [4.69, 9.17) is 0 Å². The maximum atomic E-state index is 12.9. The van der Waals surface area contributed by atoms with Gasteiger partial charge in [-0.3, -0.25) is 9.52 Å². The topological polar surface area (TPSA) is 75.3 Å². The van der Waals surface area contributed by atoms with Crippen molar-refractivity contribution in [2.75, 3.05) is 11.0 Å². The third kappa shape index (κ3) is 5.45. The van der Waals surface area contributed by atoms with Gasteiger partial charge in [0.05, 0.1) is 12.3 Å². The minimum absolute atomic E-state index is 0.233. The van der Waals surface area contributed by atoms with Crippen molar-refractivity contribution in [1.29, 1.82) is 0 Å². The number of rotatable bonds is 6. The van der Waals surface area contributed by atoms with Crippen molar-refractivity contribution in [2.24, 2.45) is 0 Å². The van der Waals surface area contributed by atoms with Crippen molar-refractivity contribution in [3.05, 3.63) is 101 Å². The van der Waals surface area contributed by atoms with E-state index in [1.807, 2.05) is 36.4 Å². The van der Waals surface area contributed by atoms with Gasteiger partial charge in [0.15, 0.2) is 0 Å². The zero-order valence-corrected chi connectivity index (χ0v) is 17.5. The minimum atomic E-state index is -3.36. The zero-order chi connectivity index (χ0) is 21.0. The van der Waals surface area contributed by atoms with Crippen LogP contribution >= 0.6 is 0 Å². The van der Waals surface area contributed by atoms with Gasteiger partial charge in [-0.15, -0.1) is 0 Å². The number of nitrogens with one attached hydrogen (secondary N) is 2. The lowest BCUT2D eigenvalue weighted by Crippen LogP contribution is -2.29. The summed E-state index contributed by atoms with van der Waals surface area (Å²) in [7, 11) is -3.36. The average molecular weight is 409 g/mol. The van der Waals surface area contributed by atoms with Crippen LogP contribution in [-0.4, -0.2) is 20.6 Å². The first-order valence-electron chi connectivity index (χ1n) is 9.24. The molecule has 1 amide bonds. The van der Waals surface area contributed by atoms with Crippen LogP contribution in [0.2, 0.25) is 0 Å². The first kappa shape index (κ1) is 20.6. The quantitative estimate of drug-likeness (QED) is 0.642. The molecule has 0 aromatic heterocycles. The summed E-state index contributed by atoms with van der Waals surface area (Å²) in [5.41, 5.74) is 5.21. The molecule has 0 heterocycles. The van der Waals surface area contributed by atoms with Gasteiger partial charge in [0, 0.05) is 11.3 Å². The Hall–Kier alpha value is -3.12. The Morgan fingerprint density at radius 3 is 2.07 bits per heavy atom. The van der Waals surface area contributed by atoms with Gasteiger partial charge in [0.1, 0.15) is 0 Å². The highest BCUT2D eigenvalue weighted by Gasteiger charge is 2.18. The Morgan fingerprint density at radius 2 is 1.48 bits per heavy atom. The first-order valence-corrected chi connectivity index (χ1v) is 11.1. The molecule has 3 aromatic rings. The maximum Gasteiger partial charge on any atom is 0.252 e. The summed E-state index contributed by atoms with van der Waals surface area (Å²) in [4.78, 5) is 12.9. The number of hydrogen-bond acceptors (Lipinski definition) is 3. The van der Waals surface area contributed by atoms with Gasteiger partial charge in [-0.05, 0) is 60.4 Å². The van der Waals surface area contributed by atoms with E-state index < -0.39 is 10.0 Å². The molecule has 3 rings (SSSR count). The molecule has 0 fully saturated rings. The second-order valence-corrected chi connectivity index (χ2v) is 8.86. The summed E-state index contributed by atoms with van der Waals surface area (Å²) >= 11 is 0. The lowest BCUT2D eigenvalue weighted by atomic mass is 9.95. The van der Waals surface area contributed by atoms with Gasteiger partial charge < -0.3 is 5.32 Å². The summed E-state index contributed by atoms with van der Waals surface area (Å²) < 4.78 is 25.1. The van der Waals surface area contributed by atoms with Crippen LogP contribution < -0.4 is 10.0 Å². The van der Waals surface area contributed by atoms with Crippen LogP contribution in [-0.2, 0) is 10.0 Å². The fourth-order valence-electron chi connectivity index (χ4n) is 3.07. The van der Waals surface area contributed by atoms with Crippen molar-refractivity contribution < 1.29 is 13.2 Å². The SMILES string of the molecule is Cc1ccc([C@@H](NC(=O)c2ccc(NS(C)(=O)=O)cc2)c2ccccc2)cc1C. The summed E-state index contributed by atoms with van der Waals surface area (Å²) in [5, 5.41) is 3.10. The molecular weight excluding hydrogens is 384 g/mol. The molecule has 0 bridgehead atoms. The molecule has 0 saturated heterocycles. The van der Waals surface area contributed by atoms with Crippen LogP contribution in [0.15, 0.2) is 72.8 Å². The van der Waals surface area contributed by atoms with Crippen LogP contribution in [0.1, 0.15) is 38.7 Å². The predicted molar refractivity (Wildman–Crippen MR) is 117 cm³/mol. The Morgan fingerprint density at radius 1 is 0.828 bits per heavy atom. The van der Waals surface area contributed by atoms with Crippen molar-refractivity contribution in [2.45, 2.75) is 19.9 Å². The van der Waals surface area contributed by atoms with Crippen LogP contribution in [0.4, 0.5) is 5.69 Å². The predicted octanol–water partition coefficient (Wildman–Crippen LogP) is 4.19. The molecule has 0 aliphatic rings. The Bertz CT molecular complexity index is 1110. The number of amides is 1. The van der Waals surface area contributed by atoms with Crippen molar-refractivity contribution >= 4 is 21.6 Å². The molecule has 0 aliphatic carbocycles. The fraction of sp³-hybridized carbons (Fsp3) is 0.174. The van der Waals surface area contributed by atoms with E-state index in [1.165, 1.54) is 5.56 Å². The van der Waals surface area contributed by atoms with Gasteiger partial charge >= 0.3 is 0 Å². The van der Waals surface area contributed by atoms with Crippen LogP contribution in [0.25, 0.3) is 0 Å². The maximum absolute atomic E-state index is 12.9. The second kappa shape index (κ2) is 8.49. The van der Waals surface area contributed by atoms with E-state index in [-0.39, 0.29) is 11.9 Å². The van der Waals surface area contributed by atoms with E-state index in [2.05, 4.69) is 36.0 Å². The summed E-state index contributed by atoms with van der Waals surface area (Å²) in [6.07, 6.45) is 1.08. The molecule has 0 aliphatic heterocycles. The molecule has 2 N–H and O–H groups in total. The number of sulfonamides is 1. The number of benzene rings is 3. The Kier molecular flexibility index (Phi) is 6.03. The molecule has 6 heteroatoms. The number of aryl methyl sites for hydroxylation is 2. The molecular formula is C23H24N2O3S. The highest BCUT2D eigenvalue weighted by Crippen LogP contribution is 2.25. The highest BCUT2D eigenvalue weighted by molar-refractivity contribution is 7.92. The van der Waals surface area contributed by atoms with E-state index in [1.54, 1.807) is 24.3 Å². The van der Waals surface area contributed by atoms with E-state index in [0.717, 1.165) is 22.9 Å². The van der Waals surface area contributed by atoms with E-state index >= 15 is 0 Å². The standard InChI is InChI=1S/C23H24N2O3S/c1-16-9-10-20(15-17(16)2)22(18-7-5-4-6-8-18)24-23(26)19-11-13-21(14-12-19)25-29(3,27)28/h4-15,22,25H,1-3H3,(H,24,26)/t22-/m0/s1. The summed E-state index contributed by atoms with van der Waals surface area (Å²) in [6, 6.07) is 22.0. The smallest absolute Gasteiger partial charge is 0.252 e. The highest BCUT2D eigenvalue weighted by atomic mass is 32.2. The van der Waals surface area contributed by atoms with Gasteiger partial charge in [-0.1, -0.05) is 48.5 Å². The van der Waals surface area contributed by atoms with Crippen molar-refractivity contribution in [3.8, 4) is 0 Å². The number of hydrogen-bond donors (Lipinski definition) is 2. The van der Waals surface area contributed by atoms with Gasteiger partial charge in [0.25, 0.3) is 5.91 Å². The Balaban J connectivity index is 1.87. The van der Waals surface area contributed by atoms with Crippen LogP contribution in [0.3, 0.4) is 0 Å². The Labute approximate surface area is 171 Å². The summed E-state index contributed by atoms with van der Waals surface area (Å²) in [6.45, 7) is 4.11. The van der Waals surface area contributed by atoms with Crippen molar-refractivity contribution in [1.82, 2.24) is 5.32 Å². The molecule has 5 nitrogen and oxygen atoms in total. The number of anilines is 1. The van der Waals surface area contributed by atoms with Crippen molar-refractivity contribution in [3.63, 3.8) is 0 Å². The normalized spacial score (nSPS) is 12.2. The van der Waals surface area contributed by atoms with Crippen LogP contribution in [0.5, 0.6) is 0 Å². The number of carbonyl (C=O) groups excluding carboxylic acids is 1. The van der Waals surface area contributed by atoms with E-state index in [0.29, 0.717) is 11.3 Å². The largest absolute Gasteiger partial charge is 0.341 e. The second-order valence-electron chi connectivity index (χ2n) is 7.11. The summed E-state index contributed by atoms with van der Waals surface area (Å²) in [5.74, 6) is -0.233. The molecule has 0 spiro atoms. The average Bonchev–Trinajstić information content (AvgIpc) is 2.68. The molecule has 150 valence electrons. The lowest BCUT2D eigenvalue weighted by Gasteiger charge is -2.21. The lowest BCUT2D eigenvalue weighted by molar-refractivity contribution is 0.0943. The van der Waals surface area contributed by atoms with Gasteiger partial charge in [-0.2, -0.15) is 0 Å². The van der Waals surface area contributed by atoms with E-state index in [9.17, 15) is 13.2 Å². The molecule has 0 radical (unpaired) electrons. The third-order valence-corrected chi connectivity index (χ3v) is 5.33. The van der Waals surface area contributed by atoms with Crippen LogP contribution in [0, 0.1) is 13.8 Å². The monoisotopic (exact) mass is 408 g/mol. The molecule has 1 atom stereocenters. The molecule has 0 saturated carbocycles. The molecule has 29 heavy (non-hydrogen) atoms. The van der Waals surface area contributed by atoms with Gasteiger partial charge in [0.2, 0.25) is 10.0 Å². The molecule has 3 aromatic carbocycles. The molecule has 0 unspecified atom stereocenters. The zero-order valence-electron chi connectivity index (χ0n) is 16.6. The minimum Gasteiger partial charge on any atom is -0.341 e. The third-order valence-electron chi connectivity index (χ3n) is 4.72.